The van der Waals surface area contributed by atoms with Crippen molar-refractivity contribution in [3.8, 4) is 0 Å². The van der Waals surface area contributed by atoms with Crippen LogP contribution in [0.25, 0.3) is 0 Å². The highest BCUT2D eigenvalue weighted by atomic mass is 14.4. The van der Waals surface area contributed by atoms with Crippen LogP contribution in [-0.2, 0) is 0 Å². The molecule has 0 heteroatoms. The van der Waals surface area contributed by atoms with Crippen molar-refractivity contribution in [2.45, 2.75) is 58.3 Å². The predicted octanol–water partition coefficient (Wildman–Crippen LogP) is 4.46. The smallest absolute Gasteiger partial charge is 0.0129 e. The Morgan fingerprint density at radius 2 is 1.87 bits per heavy atom. The molecule has 1 atom stereocenters. The normalized spacial score (nSPS) is 27.0. The summed E-state index contributed by atoms with van der Waals surface area (Å²) in [5, 5.41) is 0. The van der Waals surface area contributed by atoms with Crippen LogP contribution < -0.4 is 0 Å². The maximum Gasteiger partial charge on any atom is 0.0129 e. The summed E-state index contributed by atoms with van der Waals surface area (Å²) in [4.78, 5) is 0. The van der Waals surface area contributed by atoms with Gasteiger partial charge in [-0.15, -0.1) is 0 Å². The molecule has 0 saturated heterocycles. The lowest BCUT2D eigenvalue weighted by Crippen LogP contribution is -2.07. The Kier molecular flexibility index (Phi) is 2.46. The van der Waals surface area contributed by atoms with E-state index < -0.39 is 0 Å². The summed E-state index contributed by atoms with van der Waals surface area (Å²) >= 11 is 0. The minimum Gasteiger partial charge on any atom is -0.0645 e. The Bertz CT molecular complexity index is 298. The average Bonchev–Trinajstić information content (AvgIpc) is 2.63. The van der Waals surface area contributed by atoms with Crippen molar-refractivity contribution in [1.29, 1.82) is 0 Å². The molecule has 0 N–H and O–H groups in total. The highest BCUT2D eigenvalue weighted by Crippen LogP contribution is 2.50. The van der Waals surface area contributed by atoms with Gasteiger partial charge in [0, 0.05) is 12.3 Å². The zero-order valence-corrected chi connectivity index (χ0v) is 9.73. The van der Waals surface area contributed by atoms with Crippen LogP contribution in [0, 0.1) is 12.3 Å². The molecule has 3 aliphatic carbocycles. The summed E-state index contributed by atoms with van der Waals surface area (Å²) in [6.45, 7) is 2.34. The Morgan fingerprint density at radius 3 is 2.73 bits per heavy atom. The molecule has 80 valence electrons. The third-order valence-corrected chi connectivity index (χ3v) is 4.30. The van der Waals surface area contributed by atoms with E-state index in [0.29, 0.717) is 0 Å². The van der Waals surface area contributed by atoms with Crippen LogP contribution >= 0.6 is 0 Å². The first-order valence-corrected chi connectivity index (χ1v) is 6.61. The van der Waals surface area contributed by atoms with Crippen molar-refractivity contribution in [1.82, 2.24) is 0 Å². The summed E-state index contributed by atoms with van der Waals surface area (Å²) in [5.74, 6) is 0.774. The van der Waals surface area contributed by atoms with Gasteiger partial charge in [0.05, 0.1) is 0 Å². The van der Waals surface area contributed by atoms with Crippen molar-refractivity contribution in [3.05, 3.63) is 28.7 Å². The van der Waals surface area contributed by atoms with Crippen LogP contribution in [0.5, 0.6) is 0 Å². The van der Waals surface area contributed by atoms with Gasteiger partial charge >= 0.3 is 0 Å². The molecule has 0 spiro atoms. The minimum absolute atomic E-state index is 0.774. The number of allylic oxidation sites excluding steroid dienone is 4. The zero-order valence-electron chi connectivity index (χ0n) is 9.73. The first-order chi connectivity index (χ1) is 7.42. The van der Waals surface area contributed by atoms with Gasteiger partial charge in [0.15, 0.2) is 0 Å². The van der Waals surface area contributed by atoms with Gasteiger partial charge in [-0.05, 0) is 62.5 Å². The minimum atomic E-state index is 0.774. The molecular weight excluding hydrogens is 180 g/mol. The van der Waals surface area contributed by atoms with Gasteiger partial charge < -0.3 is 0 Å². The topological polar surface area (TPSA) is 0 Å². The zero-order chi connectivity index (χ0) is 10.3. The van der Waals surface area contributed by atoms with Crippen LogP contribution in [0.3, 0.4) is 0 Å². The monoisotopic (exact) mass is 200 g/mol. The fourth-order valence-electron chi connectivity index (χ4n) is 3.66. The first-order valence-electron chi connectivity index (χ1n) is 6.61. The van der Waals surface area contributed by atoms with E-state index in [1.165, 1.54) is 51.4 Å². The number of fused-ring (bicyclic) bond motifs is 1. The van der Waals surface area contributed by atoms with Gasteiger partial charge in [0.2, 0.25) is 0 Å². The van der Waals surface area contributed by atoms with E-state index in [1.807, 2.05) is 5.57 Å². The lowest BCUT2D eigenvalue weighted by molar-refractivity contribution is 0.598. The molecule has 2 radical (unpaired) electrons. The summed E-state index contributed by atoms with van der Waals surface area (Å²) in [6.07, 6.45) is 14.5. The Balaban J connectivity index is 2.01. The first kappa shape index (κ1) is 9.69. The summed E-state index contributed by atoms with van der Waals surface area (Å²) < 4.78 is 0. The van der Waals surface area contributed by atoms with E-state index in [2.05, 4.69) is 13.3 Å². The van der Waals surface area contributed by atoms with Gasteiger partial charge in [-0.2, -0.15) is 0 Å². The molecule has 0 amide bonds. The number of rotatable bonds is 1. The molecule has 0 bridgehead atoms. The van der Waals surface area contributed by atoms with Crippen LogP contribution in [0.2, 0.25) is 0 Å². The van der Waals surface area contributed by atoms with E-state index >= 15 is 0 Å². The van der Waals surface area contributed by atoms with Gasteiger partial charge in [0.1, 0.15) is 0 Å². The summed E-state index contributed by atoms with van der Waals surface area (Å²) in [7, 11) is 0. The van der Waals surface area contributed by atoms with Crippen molar-refractivity contribution >= 4 is 0 Å². The quantitative estimate of drug-likeness (QED) is 0.586. The van der Waals surface area contributed by atoms with Crippen molar-refractivity contribution in [3.63, 3.8) is 0 Å². The highest BCUT2D eigenvalue weighted by Gasteiger charge is 2.34. The van der Waals surface area contributed by atoms with E-state index in [0.717, 1.165) is 5.92 Å². The second-order valence-corrected chi connectivity index (χ2v) is 5.09. The van der Waals surface area contributed by atoms with Crippen LogP contribution in [0.1, 0.15) is 58.3 Å². The second kappa shape index (κ2) is 3.81. The number of hydrogen-bond acceptors (Lipinski definition) is 0. The van der Waals surface area contributed by atoms with Gasteiger partial charge in [-0.3, -0.25) is 0 Å². The van der Waals surface area contributed by atoms with Crippen molar-refractivity contribution < 1.29 is 0 Å². The SMILES string of the molecule is CCC1C2=C(CCC[C]2)C2=C1CCCC2. The van der Waals surface area contributed by atoms with Gasteiger partial charge in [-0.1, -0.05) is 18.1 Å². The molecule has 0 nitrogen and oxygen atoms in total. The van der Waals surface area contributed by atoms with E-state index in [4.69, 9.17) is 0 Å². The summed E-state index contributed by atoms with van der Waals surface area (Å²) in [5.41, 5.74) is 6.93. The molecule has 0 fully saturated rings. The maximum atomic E-state index is 3.68. The fourth-order valence-corrected chi connectivity index (χ4v) is 3.66. The fraction of sp³-hybridized carbons (Fsp3) is 0.667. The standard InChI is InChI=1S/C15H20/c1-2-11-12-7-3-5-9-14(12)15-10-6-4-8-13(11)15/h11H,2-7,9-10H2,1H3. The van der Waals surface area contributed by atoms with Gasteiger partial charge in [0.25, 0.3) is 0 Å². The largest absolute Gasteiger partial charge is 0.0645 e. The molecule has 0 aliphatic heterocycles. The molecular formula is C15H20. The number of hydrogen-bond donors (Lipinski definition) is 0. The van der Waals surface area contributed by atoms with Crippen LogP contribution in [-0.4, -0.2) is 0 Å². The third-order valence-electron chi connectivity index (χ3n) is 4.30. The Labute approximate surface area is 93.5 Å². The van der Waals surface area contributed by atoms with Crippen molar-refractivity contribution in [2.24, 2.45) is 5.92 Å². The molecule has 3 rings (SSSR count). The molecule has 0 aromatic rings. The molecule has 0 aromatic carbocycles. The Hall–Kier alpha value is -0.520. The van der Waals surface area contributed by atoms with Crippen molar-refractivity contribution in [2.75, 3.05) is 0 Å². The Morgan fingerprint density at radius 1 is 1.07 bits per heavy atom. The molecule has 3 aliphatic rings. The lowest BCUT2D eigenvalue weighted by atomic mass is 9.84. The predicted molar refractivity (Wildman–Crippen MR) is 63.4 cm³/mol. The lowest BCUT2D eigenvalue weighted by Gasteiger charge is -2.20. The maximum absolute atomic E-state index is 3.68. The molecule has 0 aromatic heterocycles. The molecule has 15 heavy (non-hydrogen) atoms. The van der Waals surface area contributed by atoms with E-state index in [-0.39, 0.29) is 0 Å². The second-order valence-electron chi connectivity index (χ2n) is 5.09. The third kappa shape index (κ3) is 1.41. The highest BCUT2D eigenvalue weighted by molar-refractivity contribution is 5.54. The molecule has 0 saturated carbocycles. The molecule has 0 heterocycles. The van der Waals surface area contributed by atoms with E-state index in [1.54, 1.807) is 16.7 Å². The van der Waals surface area contributed by atoms with Crippen LogP contribution in [0.4, 0.5) is 0 Å². The van der Waals surface area contributed by atoms with Crippen LogP contribution in [0.15, 0.2) is 22.3 Å². The van der Waals surface area contributed by atoms with Gasteiger partial charge in [-0.25, -0.2) is 0 Å². The average molecular weight is 200 g/mol. The summed E-state index contributed by atoms with van der Waals surface area (Å²) in [6, 6.07) is 0. The van der Waals surface area contributed by atoms with E-state index in [9.17, 15) is 0 Å². The molecule has 1 unspecified atom stereocenters.